The summed E-state index contributed by atoms with van der Waals surface area (Å²) < 4.78 is 19.2. The van der Waals surface area contributed by atoms with Crippen molar-refractivity contribution in [1.29, 1.82) is 0 Å². The zero-order chi connectivity index (χ0) is 18.1. The summed E-state index contributed by atoms with van der Waals surface area (Å²) in [6, 6.07) is 16.1. The van der Waals surface area contributed by atoms with E-state index in [9.17, 15) is 9.18 Å². The first kappa shape index (κ1) is 16.5. The molecule has 1 aliphatic heterocycles. The van der Waals surface area contributed by atoms with Gasteiger partial charge in [-0.15, -0.1) is 0 Å². The second-order valence-electron chi connectivity index (χ2n) is 6.62. The summed E-state index contributed by atoms with van der Waals surface area (Å²) in [5.41, 5.74) is 2.97. The van der Waals surface area contributed by atoms with Gasteiger partial charge in [0.25, 0.3) is 5.91 Å². The molecule has 1 atom stereocenters. The van der Waals surface area contributed by atoms with Gasteiger partial charge >= 0.3 is 0 Å². The third kappa shape index (κ3) is 3.01. The van der Waals surface area contributed by atoms with Crippen molar-refractivity contribution in [2.24, 2.45) is 0 Å². The number of carbonyl (C=O) groups excluding carboxylic acids is 1. The van der Waals surface area contributed by atoms with Gasteiger partial charge in [-0.3, -0.25) is 4.79 Å². The second-order valence-corrected chi connectivity index (χ2v) is 6.62. The van der Waals surface area contributed by atoms with E-state index in [1.165, 1.54) is 17.7 Å². The maximum atomic E-state index is 13.9. The van der Waals surface area contributed by atoms with Crippen molar-refractivity contribution in [3.63, 3.8) is 0 Å². The van der Waals surface area contributed by atoms with Gasteiger partial charge in [-0.25, -0.2) is 4.39 Å². The highest BCUT2D eigenvalue weighted by Gasteiger charge is 2.32. The Morgan fingerprint density at radius 1 is 1.19 bits per heavy atom. The zero-order valence-corrected chi connectivity index (χ0v) is 14.5. The Balaban J connectivity index is 1.59. The van der Waals surface area contributed by atoms with Gasteiger partial charge in [0.05, 0.1) is 6.04 Å². The molecule has 4 rings (SSSR count). The monoisotopic (exact) mass is 350 g/mol. The second kappa shape index (κ2) is 6.75. The van der Waals surface area contributed by atoms with Crippen molar-refractivity contribution >= 4 is 5.91 Å². The number of carbonyl (C=O) groups is 1. The van der Waals surface area contributed by atoms with Crippen LogP contribution in [0, 0.1) is 12.7 Å². The molecule has 132 valence electrons. The molecule has 0 spiro atoms. The van der Waals surface area contributed by atoms with E-state index < -0.39 is 5.82 Å². The molecule has 1 fully saturated rings. The molecule has 5 heteroatoms. The van der Waals surface area contributed by atoms with Gasteiger partial charge < -0.3 is 9.42 Å². The Labute approximate surface area is 151 Å². The topological polar surface area (TPSA) is 46.3 Å². The molecule has 0 bridgehead atoms. The molecule has 2 heterocycles. The Bertz CT molecular complexity index is 933. The normalized spacial score (nSPS) is 16.8. The Morgan fingerprint density at radius 3 is 2.73 bits per heavy atom. The van der Waals surface area contributed by atoms with E-state index in [1.54, 1.807) is 18.2 Å². The summed E-state index contributed by atoms with van der Waals surface area (Å²) in [6.07, 6.45) is 1.86. The van der Waals surface area contributed by atoms with Crippen LogP contribution in [-0.4, -0.2) is 22.5 Å². The smallest absolute Gasteiger partial charge is 0.292 e. The largest absolute Gasteiger partial charge is 0.350 e. The van der Waals surface area contributed by atoms with Crippen LogP contribution >= 0.6 is 0 Å². The minimum absolute atomic E-state index is 0.0325. The molecule has 1 saturated heterocycles. The Hall–Kier alpha value is -2.95. The quantitative estimate of drug-likeness (QED) is 0.684. The van der Waals surface area contributed by atoms with Crippen LogP contribution < -0.4 is 0 Å². The highest BCUT2D eigenvalue weighted by atomic mass is 19.1. The standard InChI is InChI=1S/C21H19FN2O2/c1-14-8-10-15(11-9-14)19-7-4-12-24(19)21(25)20-13-18(23-26-20)16-5-2-3-6-17(16)22/h2-3,5-6,8-11,13,19H,4,7,12H2,1H3. The van der Waals surface area contributed by atoms with Crippen molar-refractivity contribution < 1.29 is 13.7 Å². The molecule has 2 aromatic carbocycles. The number of likely N-dealkylation sites (tertiary alicyclic amines) is 1. The van der Waals surface area contributed by atoms with Crippen LogP contribution in [0.2, 0.25) is 0 Å². The molecule has 1 aromatic heterocycles. The van der Waals surface area contributed by atoms with Crippen LogP contribution in [0.4, 0.5) is 4.39 Å². The molecule has 4 nitrogen and oxygen atoms in total. The van der Waals surface area contributed by atoms with E-state index in [0.717, 1.165) is 18.4 Å². The summed E-state index contributed by atoms with van der Waals surface area (Å²) in [7, 11) is 0. The molecule has 0 radical (unpaired) electrons. The molecule has 1 amide bonds. The third-order valence-corrected chi connectivity index (χ3v) is 4.85. The van der Waals surface area contributed by atoms with Crippen molar-refractivity contribution in [3.8, 4) is 11.3 Å². The Kier molecular flexibility index (Phi) is 4.29. The van der Waals surface area contributed by atoms with Crippen molar-refractivity contribution in [2.75, 3.05) is 6.54 Å². The van der Waals surface area contributed by atoms with Crippen LogP contribution in [0.3, 0.4) is 0 Å². The first-order chi connectivity index (χ1) is 12.6. The van der Waals surface area contributed by atoms with Crippen LogP contribution in [0.15, 0.2) is 59.1 Å². The fourth-order valence-electron chi connectivity index (χ4n) is 3.46. The minimum atomic E-state index is -0.390. The van der Waals surface area contributed by atoms with Gasteiger partial charge in [-0.05, 0) is 37.5 Å². The summed E-state index contributed by atoms with van der Waals surface area (Å²) in [4.78, 5) is 14.7. The fraction of sp³-hybridized carbons (Fsp3) is 0.238. The van der Waals surface area contributed by atoms with E-state index >= 15 is 0 Å². The van der Waals surface area contributed by atoms with E-state index in [-0.39, 0.29) is 17.7 Å². The number of hydrogen-bond acceptors (Lipinski definition) is 3. The van der Waals surface area contributed by atoms with Crippen molar-refractivity contribution in [1.82, 2.24) is 10.1 Å². The first-order valence-corrected chi connectivity index (χ1v) is 8.72. The molecule has 0 aliphatic carbocycles. The summed E-state index contributed by atoms with van der Waals surface area (Å²) in [5, 5.41) is 3.89. The van der Waals surface area contributed by atoms with Gasteiger partial charge in [-0.2, -0.15) is 0 Å². The average Bonchev–Trinajstić information content (AvgIpc) is 3.32. The van der Waals surface area contributed by atoms with Crippen LogP contribution in [-0.2, 0) is 0 Å². The van der Waals surface area contributed by atoms with E-state index in [4.69, 9.17) is 4.52 Å². The first-order valence-electron chi connectivity index (χ1n) is 8.72. The lowest BCUT2D eigenvalue weighted by Crippen LogP contribution is -2.30. The van der Waals surface area contributed by atoms with E-state index in [2.05, 4.69) is 29.4 Å². The van der Waals surface area contributed by atoms with Gasteiger partial charge in [0.15, 0.2) is 0 Å². The molecule has 0 saturated carbocycles. The van der Waals surface area contributed by atoms with Crippen LogP contribution in [0.5, 0.6) is 0 Å². The lowest BCUT2D eigenvalue weighted by molar-refractivity contribution is 0.0693. The average molecular weight is 350 g/mol. The number of rotatable bonds is 3. The lowest BCUT2D eigenvalue weighted by Gasteiger charge is -2.24. The number of amides is 1. The Morgan fingerprint density at radius 2 is 1.96 bits per heavy atom. The molecular formula is C21H19FN2O2. The van der Waals surface area contributed by atoms with Crippen LogP contribution in [0.25, 0.3) is 11.3 Å². The molecular weight excluding hydrogens is 331 g/mol. The number of aryl methyl sites for hydroxylation is 1. The molecule has 3 aromatic rings. The predicted molar refractivity (Wildman–Crippen MR) is 96.1 cm³/mol. The van der Waals surface area contributed by atoms with Gasteiger partial charge in [-0.1, -0.05) is 47.1 Å². The zero-order valence-electron chi connectivity index (χ0n) is 14.5. The maximum Gasteiger partial charge on any atom is 0.292 e. The number of nitrogens with zero attached hydrogens (tertiary/aromatic N) is 2. The number of hydrogen-bond donors (Lipinski definition) is 0. The predicted octanol–water partition coefficient (Wildman–Crippen LogP) is 4.77. The van der Waals surface area contributed by atoms with Crippen LogP contribution in [0.1, 0.15) is 40.6 Å². The number of halogens is 1. The van der Waals surface area contributed by atoms with Gasteiger partial charge in [0, 0.05) is 18.2 Å². The fourth-order valence-corrected chi connectivity index (χ4v) is 3.46. The molecule has 1 aliphatic rings. The lowest BCUT2D eigenvalue weighted by atomic mass is 10.0. The highest BCUT2D eigenvalue weighted by Crippen LogP contribution is 2.34. The van der Waals surface area contributed by atoms with Gasteiger partial charge in [0.1, 0.15) is 11.5 Å². The summed E-state index contributed by atoms with van der Waals surface area (Å²) >= 11 is 0. The van der Waals surface area contributed by atoms with Gasteiger partial charge in [0.2, 0.25) is 5.76 Å². The maximum absolute atomic E-state index is 13.9. The van der Waals surface area contributed by atoms with Crippen molar-refractivity contribution in [3.05, 3.63) is 77.3 Å². The molecule has 1 unspecified atom stereocenters. The third-order valence-electron chi connectivity index (χ3n) is 4.85. The SMILES string of the molecule is Cc1ccc(C2CCCN2C(=O)c2cc(-c3ccccc3F)no2)cc1. The minimum Gasteiger partial charge on any atom is -0.350 e. The summed E-state index contributed by atoms with van der Waals surface area (Å²) in [5.74, 6) is -0.455. The van der Waals surface area contributed by atoms with Crippen molar-refractivity contribution in [2.45, 2.75) is 25.8 Å². The number of benzene rings is 2. The highest BCUT2D eigenvalue weighted by molar-refractivity contribution is 5.93. The molecule has 0 N–H and O–H groups in total. The molecule has 26 heavy (non-hydrogen) atoms. The van der Waals surface area contributed by atoms with E-state index in [0.29, 0.717) is 17.8 Å². The number of aromatic nitrogens is 1. The van der Waals surface area contributed by atoms with E-state index in [1.807, 2.05) is 11.8 Å². The summed E-state index contributed by atoms with van der Waals surface area (Å²) in [6.45, 7) is 2.72.